The highest BCUT2D eigenvalue weighted by molar-refractivity contribution is 8.00. The maximum atomic E-state index is 13.5. The van der Waals surface area contributed by atoms with Crippen molar-refractivity contribution in [3.8, 4) is 0 Å². The van der Waals surface area contributed by atoms with Crippen molar-refractivity contribution in [1.82, 2.24) is 9.55 Å². The zero-order valence-electron chi connectivity index (χ0n) is 11.7. The van der Waals surface area contributed by atoms with Gasteiger partial charge in [-0.25, -0.2) is 9.37 Å². The summed E-state index contributed by atoms with van der Waals surface area (Å²) in [5.74, 6) is 0.255. The van der Waals surface area contributed by atoms with Crippen molar-refractivity contribution in [2.75, 3.05) is 12.0 Å². The summed E-state index contributed by atoms with van der Waals surface area (Å²) in [6.07, 6.45) is 8.41. The van der Waals surface area contributed by atoms with E-state index in [1.54, 1.807) is 6.07 Å². The van der Waals surface area contributed by atoms with Gasteiger partial charge < -0.3 is 10.3 Å². The second-order valence-electron chi connectivity index (χ2n) is 5.64. The monoisotopic (exact) mass is 293 g/mol. The Morgan fingerprint density at radius 1 is 1.35 bits per heavy atom. The summed E-state index contributed by atoms with van der Waals surface area (Å²) >= 11 is 1.91. The third kappa shape index (κ3) is 2.39. The van der Waals surface area contributed by atoms with Crippen LogP contribution in [0.3, 0.4) is 0 Å². The molecule has 2 N–H and O–H groups in total. The number of halogens is 1. The number of anilines is 1. The molecule has 5 heteroatoms. The molecular weight excluding hydrogens is 273 g/mol. The Labute approximate surface area is 122 Å². The van der Waals surface area contributed by atoms with Crippen LogP contribution in [0.25, 0.3) is 11.0 Å². The molecule has 0 atom stereocenters. The molecule has 0 spiro atoms. The summed E-state index contributed by atoms with van der Waals surface area (Å²) in [5, 5.41) is 0. The van der Waals surface area contributed by atoms with Crippen molar-refractivity contribution in [2.45, 2.75) is 43.4 Å². The average molecular weight is 293 g/mol. The van der Waals surface area contributed by atoms with Crippen molar-refractivity contribution >= 4 is 28.7 Å². The molecule has 3 rings (SSSR count). The Hall–Kier alpha value is -1.23. The molecule has 1 fully saturated rings. The summed E-state index contributed by atoms with van der Waals surface area (Å²) in [6.45, 7) is 0.819. The summed E-state index contributed by atoms with van der Waals surface area (Å²) in [4.78, 5) is 4.35. The molecule has 108 valence electrons. The number of thioether (sulfide) groups is 1. The van der Waals surface area contributed by atoms with Crippen LogP contribution in [0.5, 0.6) is 0 Å². The summed E-state index contributed by atoms with van der Waals surface area (Å²) < 4.78 is 15.7. The van der Waals surface area contributed by atoms with Crippen molar-refractivity contribution in [3.05, 3.63) is 24.0 Å². The highest BCUT2D eigenvalue weighted by Gasteiger charge is 2.32. The number of rotatable bonds is 3. The van der Waals surface area contributed by atoms with Crippen LogP contribution in [0.4, 0.5) is 10.3 Å². The highest BCUT2D eigenvalue weighted by atomic mass is 32.2. The molecule has 20 heavy (non-hydrogen) atoms. The first-order chi connectivity index (χ1) is 9.63. The fourth-order valence-corrected chi connectivity index (χ4v) is 4.15. The van der Waals surface area contributed by atoms with Gasteiger partial charge >= 0.3 is 0 Å². The van der Waals surface area contributed by atoms with Gasteiger partial charge in [0.1, 0.15) is 5.82 Å². The van der Waals surface area contributed by atoms with Gasteiger partial charge in [0, 0.05) is 11.3 Å². The van der Waals surface area contributed by atoms with E-state index in [2.05, 4.69) is 11.2 Å². The highest BCUT2D eigenvalue weighted by Crippen LogP contribution is 2.41. The Morgan fingerprint density at radius 3 is 2.80 bits per heavy atom. The van der Waals surface area contributed by atoms with Crippen LogP contribution < -0.4 is 5.73 Å². The first kappa shape index (κ1) is 13.7. The summed E-state index contributed by atoms with van der Waals surface area (Å²) in [7, 11) is 0. The minimum atomic E-state index is -0.236. The number of imidazole rings is 1. The van der Waals surface area contributed by atoms with Gasteiger partial charge in [-0.15, -0.1) is 0 Å². The third-order valence-electron chi connectivity index (χ3n) is 4.38. The molecule has 1 aromatic heterocycles. The average Bonchev–Trinajstić information content (AvgIpc) is 2.76. The van der Waals surface area contributed by atoms with Gasteiger partial charge in [0.15, 0.2) is 0 Å². The molecule has 2 aromatic rings. The maximum Gasteiger partial charge on any atom is 0.201 e. The Kier molecular flexibility index (Phi) is 3.63. The molecule has 3 nitrogen and oxygen atoms in total. The summed E-state index contributed by atoms with van der Waals surface area (Å²) in [5.41, 5.74) is 7.64. The van der Waals surface area contributed by atoms with E-state index in [-0.39, 0.29) is 10.6 Å². The zero-order valence-corrected chi connectivity index (χ0v) is 12.5. The third-order valence-corrected chi connectivity index (χ3v) is 5.79. The number of nitrogens with two attached hydrogens (primary N) is 1. The van der Waals surface area contributed by atoms with E-state index in [1.165, 1.54) is 44.2 Å². The van der Waals surface area contributed by atoms with E-state index in [1.807, 2.05) is 16.3 Å². The lowest BCUT2D eigenvalue weighted by Crippen LogP contribution is -2.33. The van der Waals surface area contributed by atoms with Gasteiger partial charge in [0.25, 0.3) is 0 Å². The van der Waals surface area contributed by atoms with Gasteiger partial charge in [-0.1, -0.05) is 19.3 Å². The van der Waals surface area contributed by atoms with E-state index in [4.69, 9.17) is 5.73 Å². The lowest BCUT2D eigenvalue weighted by molar-refractivity contribution is 0.363. The Morgan fingerprint density at radius 2 is 2.10 bits per heavy atom. The van der Waals surface area contributed by atoms with Crippen molar-refractivity contribution < 1.29 is 4.39 Å². The van der Waals surface area contributed by atoms with Crippen LogP contribution in [0.15, 0.2) is 18.2 Å². The molecule has 0 bridgehead atoms. The Bertz CT molecular complexity index is 617. The van der Waals surface area contributed by atoms with Crippen LogP contribution in [0.2, 0.25) is 0 Å². The quantitative estimate of drug-likeness (QED) is 0.935. The molecule has 1 saturated carbocycles. The molecule has 0 saturated heterocycles. The summed E-state index contributed by atoms with van der Waals surface area (Å²) in [6, 6.07) is 4.67. The molecule has 1 heterocycles. The van der Waals surface area contributed by atoms with Crippen LogP contribution in [-0.4, -0.2) is 20.6 Å². The fourth-order valence-electron chi connectivity index (χ4n) is 3.19. The fraction of sp³-hybridized carbons (Fsp3) is 0.533. The van der Waals surface area contributed by atoms with Crippen LogP contribution in [0.1, 0.15) is 32.1 Å². The second-order valence-corrected chi connectivity index (χ2v) is 6.91. The number of nitrogen functional groups attached to an aromatic ring is 1. The standard InChI is InChI=1S/C15H20FN3S/c1-20-15(7-3-2-4-8-15)10-19-13-9-11(16)5-6-12(13)18-14(19)17/h5-6,9H,2-4,7-8,10H2,1H3,(H2,17,18). The second kappa shape index (κ2) is 5.28. The topological polar surface area (TPSA) is 43.8 Å². The number of hydrogen-bond donors (Lipinski definition) is 1. The van der Waals surface area contributed by atoms with Gasteiger partial charge in [-0.2, -0.15) is 11.8 Å². The molecule has 1 aromatic carbocycles. The number of aromatic nitrogens is 2. The number of nitrogens with zero attached hydrogens (tertiary/aromatic N) is 2. The van der Waals surface area contributed by atoms with E-state index >= 15 is 0 Å². The van der Waals surface area contributed by atoms with Crippen molar-refractivity contribution in [1.29, 1.82) is 0 Å². The van der Waals surface area contributed by atoms with Crippen LogP contribution >= 0.6 is 11.8 Å². The largest absolute Gasteiger partial charge is 0.369 e. The van der Waals surface area contributed by atoms with Gasteiger partial charge in [0.05, 0.1) is 11.0 Å². The van der Waals surface area contributed by atoms with Gasteiger partial charge in [0.2, 0.25) is 5.95 Å². The molecule has 1 aliphatic carbocycles. The first-order valence-electron chi connectivity index (χ1n) is 7.10. The van der Waals surface area contributed by atoms with Crippen LogP contribution in [-0.2, 0) is 6.54 Å². The predicted octanol–water partition coefficient (Wildman–Crippen LogP) is 3.82. The first-order valence-corrected chi connectivity index (χ1v) is 8.32. The normalized spacial score (nSPS) is 18.5. The van der Waals surface area contributed by atoms with Crippen molar-refractivity contribution in [2.24, 2.45) is 0 Å². The lowest BCUT2D eigenvalue weighted by atomic mass is 9.88. The number of benzene rings is 1. The molecule has 0 aliphatic heterocycles. The van der Waals surface area contributed by atoms with E-state index in [9.17, 15) is 4.39 Å². The molecular formula is C15H20FN3S. The maximum absolute atomic E-state index is 13.5. The van der Waals surface area contributed by atoms with Gasteiger partial charge in [-0.05, 0) is 37.3 Å². The smallest absolute Gasteiger partial charge is 0.201 e. The minimum Gasteiger partial charge on any atom is -0.369 e. The van der Waals surface area contributed by atoms with E-state index in [0.29, 0.717) is 5.95 Å². The Balaban J connectivity index is 2.00. The molecule has 0 unspecified atom stereocenters. The minimum absolute atomic E-state index is 0.215. The number of fused-ring (bicyclic) bond motifs is 1. The lowest BCUT2D eigenvalue weighted by Gasteiger charge is -2.36. The predicted molar refractivity (Wildman–Crippen MR) is 83.4 cm³/mol. The van der Waals surface area contributed by atoms with Crippen molar-refractivity contribution in [3.63, 3.8) is 0 Å². The SMILES string of the molecule is CSC1(Cn2c(N)nc3ccc(F)cc32)CCCCC1. The molecule has 1 aliphatic rings. The van der Waals surface area contributed by atoms with Crippen LogP contribution in [0, 0.1) is 5.82 Å². The molecule has 0 amide bonds. The van der Waals surface area contributed by atoms with E-state index < -0.39 is 0 Å². The number of hydrogen-bond acceptors (Lipinski definition) is 3. The molecule has 0 radical (unpaired) electrons. The van der Waals surface area contributed by atoms with Gasteiger partial charge in [-0.3, -0.25) is 0 Å². The zero-order chi connectivity index (χ0) is 14.2. The van der Waals surface area contributed by atoms with E-state index in [0.717, 1.165) is 17.6 Å².